The van der Waals surface area contributed by atoms with Crippen molar-refractivity contribution < 1.29 is 16.8 Å². The first-order valence-corrected chi connectivity index (χ1v) is 5.36. The molecule has 7 heteroatoms. The standard InChI is InChI=1S/C6H5F4NP2/c7-12(8)11(13(9)10)6-4-2-1-3-5-6/h1-5H. The maximum absolute atomic E-state index is 12.2. The first-order chi connectivity index (χ1) is 6.13. The van der Waals surface area contributed by atoms with Gasteiger partial charge in [0.1, 0.15) is 0 Å². The van der Waals surface area contributed by atoms with Gasteiger partial charge in [-0.1, -0.05) is 18.2 Å². The minimum Gasteiger partial charge on any atom is -0.224 e. The molecule has 0 saturated carbocycles. The van der Waals surface area contributed by atoms with Crippen molar-refractivity contribution in [3.63, 3.8) is 0 Å². The highest BCUT2D eigenvalue weighted by Crippen LogP contribution is 2.62. The highest BCUT2D eigenvalue weighted by Gasteiger charge is 2.28. The smallest absolute Gasteiger partial charge is 0.224 e. The molecule has 0 spiro atoms. The van der Waals surface area contributed by atoms with Gasteiger partial charge in [-0.15, -0.1) is 0 Å². The van der Waals surface area contributed by atoms with Crippen LogP contribution in [0.1, 0.15) is 0 Å². The van der Waals surface area contributed by atoms with Gasteiger partial charge in [0.15, 0.2) is 0 Å². The van der Waals surface area contributed by atoms with E-state index < -0.39 is 17.4 Å². The Bertz CT molecular complexity index is 248. The van der Waals surface area contributed by atoms with Gasteiger partial charge in [-0.3, -0.25) is 0 Å². The van der Waals surface area contributed by atoms with E-state index in [1.807, 2.05) is 0 Å². The van der Waals surface area contributed by atoms with Crippen molar-refractivity contribution in [3.8, 4) is 0 Å². The molecule has 1 aromatic rings. The molecular weight excluding hydrogens is 224 g/mol. The molecule has 0 aromatic heterocycles. The fourth-order valence-corrected chi connectivity index (χ4v) is 1.81. The molecule has 0 unspecified atom stereocenters. The Balaban J connectivity index is 2.89. The summed E-state index contributed by atoms with van der Waals surface area (Å²) < 4.78 is 48.5. The highest BCUT2D eigenvalue weighted by atomic mass is 31.3. The van der Waals surface area contributed by atoms with Crippen LogP contribution in [0.2, 0.25) is 0 Å². The SMILES string of the molecule is FP(F)N(c1ccccc1)P(F)F. The first kappa shape index (κ1) is 10.7. The maximum Gasteiger partial charge on any atom is 0.381 e. The van der Waals surface area contributed by atoms with Crippen LogP contribution in [0.15, 0.2) is 30.3 Å². The molecular formula is C6H5F4NP2. The number of hydrogen-bond acceptors (Lipinski definition) is 1. The topological polar surface area (TPSA) is 3.24 Å². The molecule has 0 N–H and O–H groups in total. The van der Waals surface area contributed by atoms with Gasteiger partial charge < -0.3 is 0 Å². The van der Waals surface area contributed by atoms with Gasteiger partial charge in [-0.2, -0.15) is 16.8 Å². The van der Waals surface area contributed by atoms with Crippen LogP contribution in [0, 0.1) is 0 Å². The van der Waals surface area contributed by atoms with E-state index in [0.717, 1.165) is 0 Å². The van der Waals surface area contributed by atoms with Crippen LogP contribution in [0.5, 0.6) is 0 Å². The third kappa shape index (κ3) is 2.78. The van der Waals surface area contributed by atoms with Crippen LogP contribution in [0.25, 0.3) is 0 Å². The fraction of sp³-hybridized carbons (Fsp3) is 0. The number of nitrogens with zero attached hydrogens (tertiary/aromatic N) is 1. The average molecular weight is 229 g/mol. The lowest BCUT2D eigenvalue weighted by Gasteiger charge is -2.18. The van der Waals surface area contributed by atoms with E-state index in [1.165, 1.54) is 24.3 Å². The molecule has 0 aliphatic heterocycles. The van der Waals surface area contributed by atoms with Gasteiger partial charge in [-0.25, -0.2) is 4.44 Å². The van der Waals surface area contributed by atoms with Crippen LogP contribution in [-0.4, -0.2) is 0 Å². The number of halogens is 4. The van der Waals surface area contributed by atoms with Crippen molar-refractivity contribution in [1.29, 1.82) is 0 Å². The largest absolute Gasteiger partial charge is 0.381 e. The van der Waals surface area contributed by atoms with Crippen molar-refractivity contribution in [3.05, 3.63) is 30.3 Å². The molecule has 0 bridgehead atoms. The lowest BCUT2D eigenvalue weighted by molar-refractivity contribution is 0.716. The van der Waals surface area contributed by atoms with Gasteiger partial charge in [0.2, 0.25) is 0 Å². The van der Waals surface area contributed by atoms with Gasteiger partial charge >= 0.3 is 17.4 Å². The van der Waals surface area contributed by atoms with Gasteiger partial charge in [0.25, 0.3) is 0 Å². The highest BCUT2D eigenvalue weighted by molar-refractivity contribution is 7.67. The lowest BCUT2D eigenvalue weighted by Crippen LogP contribution is -2.01. The van der Waals surface area contributed by atoms with E-state index in [-0.39, 0.29) is 10.1 Å². The van der Waals surface area contributed by atoms with Crippen molar-refractivity contribution in [2.75, 3.05) is 4.44 Å². The molecule has 0 heterocycles. The molecule has 13 heavy (non-hydrogen) atoms. The summed E-state index contributed by atoms with van der Waals surface area (Å²) in [5.74, 6) is 0. The second kappa shape index (κ2) is 4.73. The van der Waals surface area contributed by atoms with E-state index in [0.29, 0.717) is 0 Å². The average Bonchev–Trinajstić information content (AvgIpc) is 2.04. The first-order valence-electron chi connectivity index (χ1n) is 3.21. The van der Waals surface area contributed by atoms with E-state index in [9.17, 15) is 16.8 Å². The quantitative estimate of drug-likeness (QED) is 0.530. The minimum atomic E-state index is -3.77. The Labute approximate surface area is 75.5 Å². The normalized spacial score (nSPS) is 10.9. The zero-order valence-corrected chi connectivity index (χ0v) is 8.03. The van der Waals surface area contributed by atoms with Crippen molar-refractivity contribution in [1.82, 2.24) is 0 Å². The van der Waals surface area contributed by atoms with Crippen LogP contribution < -0.4 is 4.44 Å². The number of rotatable bonds is 3. The van der Waals surface area contributed by atoms with Gasteiger partial charge in [-0.05, 0) is 12.1 Å². The Hall–Kier alpha value is -0.400. The molecule has 1 aromatic carbocycles. The number of hydrogen-bond donors (Lipinski definition) is 0. The summed E-state index contributed by atoms with van der Waals surface area (Å²) in [7, 11) is -7.53. The summed E-state index contributed by atoms with van der Waals surface area (Å²) in [6.45, 7) is 0. The number of benzene rings is 1. The van der Waals surface area contributed by atoms with E-state index in [1.54, 1.807) is 6.07 Å². The Kier molecular flexibility index (Phi) is 3.89. The third-order valence-corrected chi connectivity index (χ3v) is 3.12. The Morgan fingerprint density at radius 2 is 1.31 bits per heavy atom. The lowest BCUT2D eigenvalue weighted by atomic mass is 10.3. The third-order valence-electron chi connectivity index (χ3n) is 1.27. The molecule has 72 valence electrons. The second-order valence-electron chi connectivity index (χ2n) is 2.06. The number of anilines is 1. The van der Waals surface area contributed by atoms with Crippen LogP contribution in [0.3, 0.4) is 0 Å². The fourth-order valence-electron chi connectivity index (χ4n) is 0.787. The van der Waals surface area contributed by atoms with Crippen LogP contribution in [-0.2, 0) is 0 Å². The summed E-state index contributed by atoms with van der Waals surface area (Å²) in [5.41, 5.74) is -0.130. The second-order valence-corrected chi connectivity index (χ2v) is 4.03. The molecule has 0 aliphatic carbocycles. The summed E-state index contributed by atoms with van der Waals surface area (Å²) in [6.07, 6.45) is 0. The summed E-state index contributed by atoms with van der Waals surface area (Å²) in [4.78, 5) is 0. The number of para-hydroxylation sites is 1. The predicted molar refractivity (Wildman–Crippen MR) is 47.2 cm³/mol. The van der Waals surface area contributed by atoms with Crippen LogP contribution >= 0.6 is 17.4 Å². The molecule has 1 nitrogen and oxygen atoms in total. The molecule has 0 fully saturated rings. The molecule has 0 amide bonds. The van der Waals surface area contributed by atoms with Crippen molar-refractivity contribution >= 4 is 23.1 Å². The summed E-state index contributed by atoms with van der Waals surface area (Å²) in [5, 5.41) is 0. The summed E-state index contributed by atoms with van der Waals surface area (Å²) in [6, 6.07) is 6.95. The van der Waals surface area contributed by atoms with E-state index in [2.05, 4.69) is 0 Å². The van der Waals surface area contributed by atoms with E-state index in [4.69, 9.17) is 0 Å². The van der Waals surface area contributed by atoms with E-state index >= 15 is 0 Å². The van der Waals surface area contributed by atoms with Crippen LogP contribution in [0.4, 0.5) is 22.5 Å². The van der Waals surface area contributed by atoms with Gasteiger partial charge in [0.05, 0.1) is 5.69 Å². The molecule has 0 atom stereocenters. The Morgan fingerprint density at radius 3 is 1.69 bits per heavy atom. The van der Waals surface area contributed by atoms with Crippen molar-refractivity contribution in [2.45, 2.75) is 0 Å². The van der Waals surface area contributed by atoms with Crippen molar-refractivity contribution in [2.24, 2.45) is 0 Å². The zero-order chi connectivity index (χ0) is 9.84. The minimum absolute atomic E-state index is 0.120. The maximum atomic E-state index is 12.2. The Morgan fingerprint density at radius 1 is 0.846 bits per heavy atom. The summed E-state index contributed by atoms with van der Waals surface area (Å²) >= 11 is 0. The monoisotopic (exact) mass is 229 g/mol. The molecule has 0 aliphatic rings. The molecule has 0 saturated heterocycles. The molecule has 0 radical (unpaired) electrons. The molecule has 1 rings (SSSR count). The zero-order valence-electron chi connectivity index (χ0n) is 6.24. The van der Waals surface area contributed by atoms with Gasteiger partial charge in [0, 0.05) is 0 Å². The predicted octanol–water partition coefficient (Wildman–Crippen LogP) is 4.82.